The minimum absolute atomic E-state index is 0.0200. The molecule has 1 atom stereocenters. The lowest BCUT2D eigenvalue weighted by Crippen LogP contribution is -2.17. The highest BCUT2D eigenvalue weighted by Crippen LogP contribution is 2.25. The Balaban J connectivity index is 2.43. The molecule has 98 valence electrons. The first-order chi connectivity index (χ1) is 8.52. The number of nitrogens with two attached hydrogens (primary N) is 1. The zero-order chi connectivity index (χ0) is 13.3. The third-order valence-electron chi connectivity index (χ3n) is 2.71. The van der Waals surface area contributed by atoms with Gasteiger partial charge in [-0.25, -0.2) is 9.37 Å². The molecule has 0 fully saturated rings. The Kier molecular flexibility index (Phi) is 3.73. The molecule has 1 aromatic carbocycles. The van der Waals surface area contributed by atoms with E-state index >= 15 is 0 Å². The Bertz CT molecular complexity index is 570. The van der Waals surface area contributed by atoms with Crippen LogP contribution in [0.15, 0.2) is 12.1 Å². The molecule has 0 aliphatic rings. The first-order valence-corrected chi connectivity index (χ1v) is 6.13. The molecule has 6 heteroatoms. The van der Waals surface area contributed by atoms with E-state index in [9.17, 15) is 4.39 Å². The first kappa shape index (κ1) is 13.1. The van der Waals surface area contributed by atoms with E-state index in [1.165, 1.54) is 12.1 Å². The van der Waals surface area contributed by atoms with Gasteiger partial charge in [0, 0.05) is 12.7 Å². The zero-order valence-corrected chi connectivity index (χ0v) is 11.0. The Morgan fingerprint density at radius 3 is 2.94 bits per heavy atom. The van der Waals surface area contributed by atoms with Gasteiger partial charge in [0.1, 0.15) is 5.82 Å². The maximum atomic E-state index is 13.5. The van der Waals surface area contributed by atoms with Crippen molar-refractivity contribution in [3.63, 3.8) is 0 Å². The van der Waals surface area contributed by atoms with Gasteiger partial charge >= 0.3 is 0 Å². The number of ether oxygens (including phenoxy) is 1. The van der Waals surface area contributed by atoms with Crippen LogP contribution in [-0.4, -0.2) is 22.3 Å². The summed E-state index contributed by atoms with van der Waals surface area (Å²) in [5.74, 6) is -0.146. The summed E-state index contributed by atoms with van der Waals surface area (Å²) < 4.78 is 20.7. The Morgan fingerprint density at radius 1 is 1.56 bits per heavy atom. The maximum Gasteiger partial charge on any atom is 0.201 e. The lowest BCUT2D eigenvalue weighted by molar-refractivity contribution is 0.0652. The summed E-state index contributed by atoms with van der Waals surface area (Å²) in [7, 11) is 0. The Labute approximate surface area is 109 Å². The molecule has 0 radical (unpaired) electrons. The first-order valence-electron chi connectivity index (χ1n) is 5.75. The van der Waals surface area contributed by atoms with Gasteiger partial charge in [-0.1, -0.05) is 11.6 Å². The van der Waals surface area contributed by atoms with Gasteiger partial charge in [-0.15, -0.1) is 0 Å². The van der Waals surface area contributed by atoms with Gasteiger partial charge < -0.3 is 15.0 Å². The molecule has 2 rings (SSSR count). The van der Waals surface area contributed by atoms with Crippen molar-refractivity contribution < 1.29 is 9.13 Å². The van der Waals surface area contributed by atoms with Crippen molar-refractivity contribution in [2.75, 3.05) is 12.3 Å². The molecule has 2 N–H and O–H groups in total. The van der Waals surface area contributed by atoms with Crippen LogP contribution >= 0.6 is 11.6 Å². The minimum Gasteiger partial charge on any atom is -0.377 e. The van der Waals surface area contributed by atoms with Crippen LogP contribution in [0.5, 0.6) is 0 Å². The van der Waals surface area contributed by atoms with Crippen molar-refractivity contribution >= 4 is 28.6 Å². The molecule has 0 saturated carbocycles. The number of rotatable bonds is 4. The summed E-state index contributed by atoms with van der Waals surface area (Å²) >= 11 is 5.71. The summed E-state index contributed by atoms with van der Waals surface area (Å²) in [4.78, 5) is 4.16. The second-order valence-corrected chi connectivity index (χ2v) is 4.51. The lowest BCUT2D eigenvalue weighted by Gasteiger charge is -2.14. The molecule has 1 heterocycles. The van der Waals surface area contributed by atoms with E-state index in [1.807, 2.05) is 13.8 Å². The van der Waals surface area contributed by atoms with Crippen LogP contribution in [0.2, 0.25) is 5.02 Å². The van der Waals surface area contributed by atoms with Gasteiger partial charge in [0.2, 0.25) is 5.95 Å². The summed E-state index contributed by atoms with van der Waals surface area (Å²) in [5.41, 5.74) is 7.04. The molecule has 1 aromatic heterocycles. The second kappa shape index (κ2) is 5.12. The number of aromatic nitrogens is 2. The minimum atomic E-state index is -0.477. The molecule has 0 spiro atoms. The number of hydrogen-bond acceptors (Lipinski definition) is 3. The van der Waals surface area contributed by atoms with Crippen LogP contribution in [0.1, 0.15) is 13.8 Å². The van der Waals surface area contributed by atoms with E-state index in [4.69, 9.17) is 22.1 Å². The molecule has 4 nitrogen and oxygen atoms in total. The number of benzene rings is 1. The number of anilines is 1. The monoisotopic (exact) mass is 271 g/mol. The summed E-state index contributed by atoms with van der Waals surface area (Å²) in [6.45, 7) is 5.00. The van der Waals surface area contributed by atoms with Gasteiger partial charge in [0.15, 0.2) is 0 Å². The van der Waals surface area contributed by atoms with E-state index in [-0.39, 0.29) is 11.1 Å². The third-order valence-corrected chi connectivity index (χ3v) is 3.00. The number of nitrogen functional groups attached to an aromatic ring is 1. The number of imidazole rings is 1. The smallest absolute Gasteiger partial charge is 0.201 e. The topological polar surface area (TPSA) is 53.1 Å². The SMILES string of the molecule is CCOC(C)Cn1c(N)nc2cc(Cl)c(F)cc21. The molecular formula is C12H15ClFN3O. The molecule has 0 amide bonds. The fourth-order valence-corrected chi connectivity index (χ4v) is 2.08. The number of nitrogens with zero attached hydrogens (tertiary/aromatic N) is 2. The van der Waals surface area contributed by atoms with Crippen molar-refractivity contribution in [1.82, 2.24) is 9.55 Å². The quantitative estimate of drug-likeness (QED) is 0.930. The Morgan fingerprint density at radius 2 is 2.28 bits per heavy atom. The predicted octanol–water partition coefficient (Wildman–Crippen LogP) is 2.84. The highest BCUT2D eigenvalue weighted by atomic mass is 35.5. The van der Waals surface area contributed by atoms with E-state index < -0.39 is 5.82 Å². The van der Waals surface area contributed by atoms with E-state index in [0.29, 0.717) is 30.1 Å². The fourth-order valence-electron chi connectivity index (χ4n) is 1.92. The number of fused-ring (bicyclic) bond motifs is 1. The summed E-state index contributed by atoms with van der Waals surface area (Å²) in [6, 6.07) is 2.82. The van der Waals surface area contributed by atoms with Crippen LogP contribution in [0, 0.1) is 5.82 Å². The van der Waals surface area contributed by atoms with E-state index in [1.54, 1.807) is 4.57 Å². The molecular weight excluding hydrogens is 257 g/mol. The van der Waals surface area contributed by atoms with Crippen LogP contribution in [0.25, 0.3) is 11.0 Å². The zero-order valence-electron chi connectivity index (χ0n) is 10.3. The van der Waals surface area contributed by atoms with Crippen molar-refractivity contribution in [1.29, 1.82) is 0 Å². The van der Waals surface area contributed by atoms with Crippen molar-refractivity contribution in [2.45, 2.75) is 26.5 Å². The van der Waals surface area contributed by atoms with Crippen molar-refractivity contribution in [2.24, 2.45) is 0 Å². The molecule has 0 aliphatic carbocycles. The van der Waals surface area contributed by atoms with Crippen LogP contribution < -0.4 is 5.73 Å². The lowest BCUT2D eigenvalue weighted by atomic mass is 10.3. The molecule has 1 unspecified atom stereocenters. The normalized spacial score (nSPS) is 13.1. The standard InChI is InChI=1S/C12H15ClFN3O/c1-3-18-7(2)6-17-11-5-9(14)8(13)4-10(11)16-12(17)15/h4-5,7H,3,6H2,1-2H3,(H2,15,16). The van der Waals surface area contributed by atoms with Crippen molar-refractivity contribution in [3.8, 4) is 0 Å². The molecule has 2 aromatic rings. The average Bonchev–Trinajstić information content (AvgIpc) is 2.57. The molecule has 0 bridgehead atoms. The van der Waals surface area contributed by atoms with Gasteiger partial charge in [0.25, 0.3) is 0 Å². The van der Waals surface area contributed by atoms with Crippen LogP contribution in [-0.2, 0) is 11.3 Å². The van der Waals surface area contributed by atoms with Crippen molar-refractivity contribution in [3.05, 3.63) is 23.0 Å². The molecule has 18 heavy (non-hydrogen) atoms. The van der Waals surface area contributed by atoms with Gasteiger partial charge in [-0.05, 0) is 19.9 Å². The van der Waals surface area contributed by atoms with E-state index in [0.717, 1.165) is 0 Å². The highest BCUT2D eigenvalue weighted by Gasteiger charge is 2.13. The average molecular weight is 272 g/mol. The maximum absolute atomic E-state index is 13.5. The largest absolute Gasteiger partial charge is 0.377 e. The summed E-state index contributed by atoms with van der Waals surface area (Å²) in [6.07, 6.45) is -0.0200. The molecule has 0 aliphatic heterocycles. The number of halogens is 2. The summed E-state index contributed by atoms with van der Waals surface area (Å²) in [5, 5.41) is 0.0463. The predicted molar refractivity (Wildman–Crippen MR) is 70.2 cm³/mol. The van der Waals surface area contributed by atoms with Gasteiger partial charge in [-0.3, -0.25) is 0 Å². The van der Waals surface area contributed by atoms with Gasteiger partial charge in [0.05, 0.1) is 28.7 Å². The Hall–Kier alpha value is -1.33. The van der Waals surface area contributed by atoms with Gasteiger partial charge in [-0.2, -0.15) is 0 Å². The highest BCUT2D eigenvalue weighted by molar-refractivity contribution is 6.31. The molecule has 0 saturated heterocycles. The third kappa shape index (κ3) is 2.42. The fraction of sp³-hybridized carbons (Fsp3) is 0.417. The second-order valence-electron chi connectivity index (χ2n) is 4.10. The number of hydrogen-bond donors (Lipinski definition) is 1. The van der Waals surface area contributed by atoms with Crippen LogP contribution in [0.4, 0.5) is 10.3 Å². The van der Waals surface area contributed by atoms with Crippen LogP contribution in [0.3, 0.4) is 0 Å². The van der Waals surface area contributed by atoms with E-state index in [2.05, 4.69) is 4.98 Å².